The number of primary amides is 1. The maximum Gasteiger partial charge on any atom is 0.237 e. The van der Waals surface area contributed by atoms with Gasteiger partial charge in [-0.15, -0.1) is 11.8 Å². The number of carbonyl (C=O) groups excluding carboxylic acids is 1. The number of hydrogen-bond donors (Lipinski definition) is 2. The van der Waals surface area contributed by atoms with Gasteiger partial charge in [0.2, 0.25) is 5.91 Å². The SMILES string of the molecule is NC(=O)C1(N)CCCC(Sc2ccncn2)C1. The molecular weight excluding hydrogens is 236 g/mol. The molecule has 1 aromatic heterocycles. The van der Waals surface area contributed by atoms with Crippen molar-refractivity contribution in [1.82, 2.24) is 9.97 Å². The minimum absolute atomic E-state index is 0.302. The van der Waals surface area contributed by atoms with E-state index in [2.05, 4.69) is 9.97 Å². The molecule has 1 fully saturated rings. The second-order valence-electron chi connectivity index (χ2n) is 4.40. The van der Waals surface area contributed by atoms with Gasteiger partial charge in [-0.2, -0.15) is 0 Å². The Kier molecular flexibility index (Phi) is 3.63. The summed E-state index contributed by atoms with van der Waals surface area (Å²) < 4.78 is 0. The first-order valence-corrected chi connectivity index (χ1v) is 6.49. The van der Waals surface area contributed by atoms with Crippen LogP contribution in [-0.4, -0.2) is 26.7 Å². The van der Waals surface area contributed by atoms with Crippen LogP contribution >= 0.6 is 11.8 Å². The highest BCUT2D eigenvalue weighted by atomic mass is 32.2. The van der Waals surface area contributed by atoms with E-state index >= 15 is 0 Å². The molecule has 1 amide bonds. The van der Waals surface area contributed by atoms with Gasteiger partial charge in [0, 0.05) is 11.4 Å². The first-order valence-electron chi connectivity index (χ1n) is 5.62. The van der Waals surface area contributed by atoms with Gasteiger partial charge in [-0.1, -0.05) is 0 Å². The molecular formula is C11H16N4OS. The van der Waals surface area contributed by atoms with Gasteiger partial charge in [-0.3, -0.25) is 4.79 Å². The van der Waals surface area contributed by atoms with Crippen LogP contribution in [0, 0.1) is 0 Å². The van der Waals surface area contributed by atoms with Crippen LogP contribution in [0.25, 0.3) is 0 Å². The smallest absolute Gasteiger partial charge is 0.237 e. The summed E-state index contributed by atoms with van der Waals surface area (Å²) >= 11 is 1.65. The van der Waals surface area contributed by atoms with Crippen molar-refractivity contribution >= 4 is 17.7 Å². The largest absolute Gasteiger partial charge is 0.368 e. The minimum atomic E-state index is -0.844. The lowest BCUT2D eigenvalue weighted by Gasteiger charge is -2.34. The van der Waals surface area contributed by atoms with Crippen LogP contribution in [0.5, 0.6) is 0 Å². The van der Waals surface area contributed by atoms with Crippen LogP contribution in [0.1, 0.15) is 25.7 Å². The first kappa shape index (κ1) is 12.3. The van der Waals surface area contributed by atoms with Crippen LogP contribution in [-0.2, 0) is 4.79 Å². The summed E-state index contributed by atoms with van der Waals surface area (Å²) in [6, 6.07) is 1.86. The fourth-order valence-electron chi connectivity index (χ4n) is 2.10. The molecule has 92 valence electrons. The van der Waals surface area contributed by atoms with E-state index in [1.807, 2.05) is 6.07 Å². The van der Waals surface area contributed by atoms with Gasteiger partial charge in [0.15, 0.2) is 0 Å². The van der Waals surface area contributed by atoms with Crippen LogP contribution in [0.3, 0.4) is 0 Å². The second-order valence-corrected chi connectivity index (χ2v) is 5.72. The Labute approximate surface area is 104 Å². The highest BCUT2D eigenvalue weighted by Crippen LogP contribution is 2.36. The second kappa shape index (κ2) is 5.01. The van der Waals surface area contributed by atoms with Crippen molar-refractivity contribution in [3.05, 3.63) is 18.6 Å². The molecule has 0 saturated heterocycles. The van der Waals surface area contributed by atoms with Crippen molar-refractivity contribution in [2.24, 2.45) is 11.5 Å². The summed E-state index contributed by atoms with van der Waals surface area (Å²) in [5, 5.41) is 1.22. The third-order valence-electron chi connectivity index (χ3n) is 3.07. The number of hydrogen-bond acceptors (Lipinski definition) is 5. The van der Waals surface area contributed by atoms with Gasteiger partial charge >= 0.3 is 0 Å². The van der Waals surface area contributed by atoms with Gasteiger partial charge in [-0.05, 0) is 31.7 Å². The molecule has 0 spiro atoms. The van der Waals surface area contributed by atoms with Crippen LogP contribution < -0.4 is 11.5 Å². The minimum Gasteiger partial charge on any atom is -0.368 e. The highest BCUT2D eigenvalue weighted by molar-refractivity contribution is 7.99. The van der Waals surface area contributed by atoms with Crippen molar-refractivity contribution < 1.29 is 4.79 Å². The molecule has 6 heteroatoms. The van der Waals surface area contributed by atoms with Crippen molar-refractivity contribution in [3.63, 3.8) is 0 Å². The average molecular weight is 252 g/mol. The van der Waals surface area contributed by atoms with E-state index in [9.17, 15) is 4.79 Å². The summed E-state index contributed by atoms with van der Waals surface area (Å²) in [5.74, 6) is -0.398. The Hall–Kier alpha value is -1.14. The van der Waals surface area contributed by atoms with E-state index < -0.39 is 11.4 Å². The number of amides is 1. The first-order chi connectivity index (χ1) is 8.10. The van der Waals surface area contributed by atoms with Crippen LogP contribution in [0.2, 0.25) is 0 Å². The zero-order valence-corrected chi connectivity index (χ0v) is 10.3. The third kappa shape index (κ3) is 2.95. The Balaban J connectivity index is 2.01. The van der Waals surface area contributed by atoms with Gasteiger partial charge < -0.3 is 11.5 Å². The van der Waals surface area contributed by atoms with Crippen molar-refractivity contribution in [1.29, 1.82) is 0 Å². The van der Waals surface area contributed by atoms with Crippen molar-refractivity contribution in [2.75, 3.05) is 0 Å². The van der Waals surface area contributed by atoms with E-state index in [0.29, 0.717) is 18.1 Å². The number of carbonyl (C=O) groups is 1. The van der Waals surface area contributed by atoms with Crippen molar-refractivity contribution in [2.45, 2.75) is 41.5 Å². The fraction of sp³-hybridized carbons (Fsp3) is 0.545. The van der Waals surface area contributed by atoms with E-state index in [1.165, 1.54) is 6.33 Å². The Morgan fingerprint density at radius 2 is 2.41 bits per heavy atom. The predicted octanol–water partition coefficient (Wildman–Crippen LogP) is 0.694. The maximum atomic E-state index is 11.3. The molecule has 1 aromatic rings. The summed E-state index contributed by atoms with van der Waals surface area (Å²) in [7, 11) is 0. The van der Waals surface area contributed by atoms with E-state index in [-0.39, 0.29) is 0 Å². The lowest BCUT2D eigenvalue weighted by atomic mass is 9.82. The summed E-state index contributed by atoms with van der Waals surface area (Å²) in [6.45, 7) is 0. The molecule has 0 aromatic carbocycles. The molecule has 0 aliphatic heterocycles. The standard InChI is InChI=1S/C11H16N4OS/c12-10(16)11(13)4-1-2-8(6-11)17-9-3-5-14-7-15-9/h3,5,7-8H,1-2,4,6,13H2,(H2,12,16). The number of aromatic nitrogens is 2. The zero-order chi connectivity index (χ0) is 12.3. The number of thioether (sulfide) groups is 1. The molecule has 2 rings (SSSR count). The summed E-state index contributed by atoms with van der Waals surface area (Å²) in [4.78, 5) is 19.4. The van der Waals surface area contributed by atoms with E-state index in [4.69, 9.17) is 11.5 Å². The van der Waals surface area contributed by atoms with E-state index in [1.54, 1.807) is 18.0 Å². The summed E-state index contributed by atoms with van der Waals surface area (Å²) in [5.41, 5.74) is 10.5. The predicted molar refractivity (Wildman–Crippen MR) is 66.3 cm³/mol. The average Bonchev–Trinajstić information content (AvgIpc) is 2.30. The van der Waals surface area contributed by atoms with E-state index in [0.717, 1.165) is 17.9 Å². The quantitative estimate of drug-likeness (QED) is 0.772. The Morgan fingerprint density at radius 1 is 1.59 bits per heavy atom. The molecule has 1 aliphatic rings. The Morgan fingerprint density at radius 3 is 3.06 bits per heavy atom. The normalized spacial score (nSPS) is 28.9. The maximum absolute atomic E-state index is 11.3. The fourth-order valence-corrected chi connectivity index (χ4v) is 3.35. The van der Waals surface area contributed by atoms with Gasteiger partial charge in [-0.25, -0.2) is 9.97 Å². The molecule has 2 unspecified atom stereocenters. The van der Waals surface area contributed by atoms with Gasteiger partial charge in [0.05, 0.1) is 10.6 Å². The molecule has 0 bridgehead atoms. The molecule has 2 atom stereocenters. The molecule has 0 radical (unpaired) electrons. The third-order valence-corrected chi connectivity index (χ3v) is 4.29. The Bertz CT molecular complexity index is 400. The summed E-state index contributed by atoms with van der Waals surface area (Å²) in [6.07, 6.45) is 6.51. The topological polar surface area (TPSA) is 94.9 Å². The molecule has 17 heavy (non-hydrogen) atoms. The highest BCUT2D eigenvalue weighted by Gasteiger charge is 2.38. The monoisotopic (exact) mass is 252 g/mol. The van der Waals surface area contributed by atoms with Gasteiger partial charge in [0.25, 0.3) is 0 Å². The molecule has 1 aliphatic carbocycles. The zero-order valence-electron chi connectivity index (χ0n) is 9.50. The molecule has 1 saturated carbocycles. The van der Waals surface area contributed by atoms with Crippen molar-refractivity contribution in [3.8, 4) is 0 Å². The molecule has 5 nitrogen and oxygen atoms in total. The van der Waals surface area contributed by atoms with Gasteiger partial charge in [0.1, 0.15) is 6.33 Å². The molecule has 4 N–H and O–H groups in total. The number of rotatable bonds is 3. The lowest BCUT2D eigenvalue weighted by molar-refractivity contribution is -0.124. The van der Waals surface area contributed by atoms with Crippen LogP contribution in [0.15, 0.2) is 23.6 Å². The number of nitrogens with two attached hydrogens (primary N) is 2. The molecule has 1 heterocycles. The van der Waals surface area contributed by atoms with Crippen LogP contribution in [0.4, 0.5) is 0 Å². The number of nitrogens with zero attached hydrogens (tertiary/aromatic N) is 2. The lowest BCUT2D eigenvalue weighted by Crippen LogP contribution is -2.55.